The molecular formula is C32H40N4O6. The molecule has 224 valence electrons. The SMILES string of the molecule is CC(=O)O.COC(=O)C1CN(C(=O)[C@@H](N)Cc2ccc(-c3ncc(-c4ccc(OCCCC(C)C)cc4)cn3)cc2)C1. The number of ether oxygens (including phenoxy) is 2. The van der Waals surface area contributed by atoms with Crippen LogP contribution >= 0.6 is 0 Å². The molecule has 4 rings (SSSR count). The predicted molar refractivity (Wildman–Crippen MR) is 160 cm³/mol. The Hall–Kier alpha value is -4.31. The zero-order chi connectivity index (χ0) is 30.6. The summed E-state index contributed by atoms with van der Waals surface area (Å²) in [4.78, 5) is 43.8. The van der Waals surface area contributed by atoms with E-state index in [9.17, 15) is 9.59 Å². The van der Waals surface area contributed by atoms with Gasteiger partial charge in [-0.15, -0.1) is 0 Å². The largest absolute Gasteiger partial charge is 0.494 e. The number of likely N-dealkylation sites (tertiary alicyclic amines) is 1. The fraction of sp³-hybridized carbons (Fsp3) is 0.406. The Balaban J connectivity index is 0.00000114. The van der Waals surface area contributed by atoms with Gasteiger partial charge in [0, 0.05) is 43.5 Å². The summed E-state index contributed by atoms with van der Waals surface area (Å²) in [6, 6.07) is 15.1. The Kier molecular flexibility index (Phi) is 12.0. The highest BCUT2D eigenvalue weighted by atomic mass is 16.5. The van der Waals surface area contributed by atoms with Crippen molar-refractivity contribution in [1.29, 1.82) is 0 Å². The number of carbonyl (C=O) groups is 3. The maximum Gasteiger partial charge on any atom is 0.312 e. The monoisotopic (exact) mass is 576 g/mol. The van der Waals surface area contributed by atoms with E-state index in [0.717, 1.165) is 54.4 Å². The number of aromatic nitrogens is 2. The number of carboxylic acid groups (broad SMARTS) is 1. The molecule has 3 N–H and O–H groups in total. The lowest BCUT2D eigenvalue weighted by Crippen LogP contribution is -2.57. The van der Waals surface area contributed by atoms with Crippen LogP contribution in [0.4, 0.5) is 0 Å². The molecule has 0 spiro atoms. The minimum atomic E-state index is -0.833. The van der Waals surface area contributed by atoms with Gasteiger partial charge in [-0.1, -0.05) is 50.2 Å². The maximum atomic E-state index is 12.5. The zero-order valence-corrected chi connectivity index (χ0v) is 24.7. The van der Waals surface area contributed by atoms with E-state index in [1.165, 1.54) is 7.11 Å². The molecule has 0 radical (unpaired) electrons. The number of carboxylic acids is 1. The van der Waals surface area contributed by atoms with Crippen molar-refractivity contribution in [2.24, 2.45) is 17.6 Å². The van der Waals surface area contributed by atoms with Crippen LogP contribution in [0.15, 0.2) is 60.9 Å². The normalized spacial score (nSPS) is 13.4. The molecule has 1 aliphatic heterocycles. The summed E-state index contributed by atoms with van der Waals surface area (Å²) >= 11 is 0. The molecule has 0 saturated carbocycles. The number of rotatable bonds is 11. The van der Waals surface area contributed by atoms with Crippen molar-refractivity contribution in [3.05, 3.63) is 66.5 Å². The zero-order valence-electron chi connectivity index (χ0n) is 24.7. The first kappa shape index (κ1) is 32.2. The van der Waals surface area contributed by atoms with Gasteiger partial charge in [0.05, 0.1) is 25.7 Å². The number of benzene rings is 2. The van der Waals surface area contributed by atoms with Crippen LogP contribution in [0, 0.1) is 11.8 Å². The van der Waals surface area contributed by atoms with Gasteiger partial charge in [0.2, 0.25) is 5.91 Å². The van der Waals surface area contributed by atoms with Crippen molar-refractivity contribution in [3.8, 4) is 28.3 Å². The van der Waals surface area contributed by atoms with E-state index >= 15 is 0 Å². The summed E-state index contributed by atoms with van der Waals surface area (Å²) in [5.74, 6) is 0.658. The molecule has 0 bridgehead atoms. The van der Waals surface area contributed by atoms with Gasteiger partial charge in [-0.05, 0) is 48.4 Å². The highest BCUT2D eigenvalue weighted by Crippen LogP contribution is 2.24. The van der Waals surface area contributed by atoms with Crippen molar-refractivity contribution in [2.45, 2.75) is 46.1 Å². The van der Waals surface area contributed by atoms with E-state index < -0.39 is 12.0 Å². The Labute approximate surface area is 246 Å². The van der Waals surface area contributed by atoms with Gasteiger partial charge >= 0.3 is 5.97 Å². The van der Waals surface area contributed by atoms with Gasteiger partial charge in [0.1, 0.15) is 5.75 Å². The van der Waals surface area contributed by atoms with Gasteiger partial charge in [-0.2, -0.15) is 0 Å². The summed E-state index contributed by atoms with van der Waals surface area (Å²) in [6.07, 6.45) is 6.26. The Morgan fingerprint density at radius 2 is 1.55 bits per heavy atom. The summed E-state index contributed by atoms with van der Waals surface area (Å²) in [7, 11) is 1.35. The van der Waals surface area contributed by atoms with Crippen LogP contribution in [0.5, 0.6) is 5.75 Å². The summed E-state index contributed by atoms with van der Waals surface area (Å²) < 4.78 is 10.5. The quantitative estimate of drug-likeness (QED) is 0.253. The predicted octanol–water partition coefficient (Wildman–Crippen LogP) is 4.22. The van der Waals surface area contributed by atoms with Crippen LogP contribution in [-0.2, 0) is 25.5 Å². The summed E-state index contributed by atoms with van der Waals surface area (Å²) in [5.41, 5.74) is 9.94. The average molecular weight is 577 g/mol. The molecule has 42 heavy (non-hydrogen) atoms. The van der Waals surface area contributed by atoms with Crippen LogP contribution in [0.3, 0.4) is 0 Å². The Morgan fingerprint density at radius 3 is 2.10 bits per heavy atom. The van der Waals surface area contributed by atoms with Crippen LogP contribution in [0.2, 0.25) is 0 Å². The molecule has 0 unspecified atom stereocenters. The van der Waals surface area contributed by atoms with Gasteiger partial charge in [0.15, 0.2) is 5.82 Å². The van der Waals surface area contributed by atoms with E-state index in [1.807, 2.05) is 60.9 Å². The number of nitrogens with zero attached hydrogens (tertiary/aromatic N) is 3. The third-order valence-electron chi connectivity index (χ3n) is 6.75. The molecule has 3 aromatic rings. The van der Waals surface area contributed by atoms with Gasteiger partial charge in [-0.3, -0.25) is 14.4 Å². The minimum Gasteiger partial charge on any atom is -0.494 e. The molecule has 1 aliphatic rings. The van der Waals surface area contributed by atoms with E-state index in [1.54, 1.807) is 4.90 Å². The average Bonchev–Trinajstić information content (AvgIpc) is 2.95. The fourth-order valence-corrected chi connectivity index (χ4v) is 4.39. The molecule has 10 nitrogen and oxygen atoms in total. The third kappa shape index (κ3) is 9.66. The third-order valence-corrected chi connectivity index (χ3v) is 6.75. The summed E-state index contributed by atoms with van der Waals surface area (Å²) in [5, 5.41) is 7.42. The van der Waals surface area contributed by atoms with E-state index in [0.29, 0.717) is 31.3 Å². The van der Waals surface area contributed by atoms with Crippen molar-refractivity contribution >= 4 is 17.8 Å². The van der Waals surface area contributed by atoms with Gasteiger partial charge < -0.3 is 25.2 Å². The van der Waals surface area contributed by atoms with Gasteiger partial charge in [-0.25, -0.2) is 9.97 Å². The number of nitrogens with two attached hydrogens (primary N) is 1. The molecule has 10 heteroatoms. The smallest absolute Gasteiger partial charge is 0.312 e. The highest BCUT2D eigenvalue weighted by Gasteiger charge is 2.38. The highest BCUT2D eigenvalue weighted by molar-refractivity contribution is 5.85. The number of aliphatic carboxylic acids is 1. The Bertz CT molecular complexity index is 1300. The van der Waals surface area contributed by atoms with E-state index in [4.69, 9.17) is 25.1 Å². The molecule has 1 saturated heterocycles. The second kappa shape index (κ2) is 15.6. The number of carbonyl (C=O) groups excluding carboxylic acids is 2. The number of amides is 1. The van der Waals surface area contributed by atoms with E-state index in [-0.39, 0.29) is 17.8 Å². The first-order valence-corrected chi connectivity index (χ1v) is 14.0. The van der Waals surface area contributed by atoms with Crippen molar-refractivity contribution in [3.63, 3.8) is 0 Å². The molecule has 0 aliphatic carbocycles. The molecule has 2 aromatic carbocycles. The number of esters is 1. The molecule has 1 amide bonds. The first-order valence-electron chi connectivity index (χ1n) is 14.0. The lowest BCUT2D eigenvalue weighted by molar-refractivity contribution is -0.156. The van der Waals surface area contributed by atoms with Crippen molar-refractivity contribution < 1.29 is 29.0 Å². The molecule has 1 atom stereocenters. The van der Waals surface area contributed by atoms with E-state index in [2.05, 4.69) is 23.8 Å². The topological polar surface area (TPSA) is 145 Å². The summed E-state index contributed by atoms with van der Waals surface area (Å²) in [6.45, 7) is 6.98. The van der Waals surface area contributed by atoms with Crippen molar-refractivity contribution in [2.75, 3.05) is 26.8 Å². The lowest BCUT2D eigenvalue weighted by atomic mass is 9.97. The van der Waals surface area contributed by atoms with Crippen LogP contribution in [0.1, 0.15) is 39.2 Å². The first-order chi connectivity index (χ1) is 20.1. The number of hydrogen-bond acceptors (Lipinski definition) is 8. The lowest BCUT2D eigenvalue weighted by Gasteiger charge is -2.38. The number of hydrogen-bond donors (Lipinski definition) is 2. The second-order valence-electron chi connectivity index (χ2n) is 10.7. The second-order valence-corrected chi connectivity index (χ2v) is 10.7. The standard InChI is InChI=1S/C30H36N4O4.C2H4O2/c1-20(2)5-4-14-38-26-12-10-22(11-13-26)24-16-32-28(33-17-24)23-8-6-21(7-9-23)15-27(31)29(35)34-18-25(19-34)30(36)37-3;1-2(3)4/h6-13,16-17,20,25,27H,4-5,14-15,18-19,31H2,1-3H3;1H3,(H,3,4)/t27-;/m0./s1. The van der Waals surface area contributed by atoms with Crippen LogP contribution in [-0.4, -0.2) is 70.7 Å². The Morgan fingerprint density at radius 1 is 0.976 bits per heavy atom. The molecule has 1 aromatic heterocycles. The molecule has 1 fully saturated rings. The van der Waals surface area contributed by atoms with Crippen LogP contribution in [0.25, 0.3) is 22.5 Å². The van der Waals surface area contributed by atoms with Gasteiger partial charge in [0.25, 0.3) is 5.97 Å². The fourth-order valence-electron chi connectivity index (χ4n) is 4.39. The molecule has 2 heterocycles. The maximum absolute atomic E-state index is 12.5. The molecular weight excluding hydrogens is 536 g/mol. The minimum absolute atomic E-state index is 0.154. The number of methoxy groups -OCH3 is 1. The van der Waals surface area contributed by atoms with Crippen molar-refractivity contribution in [1.82, 2.24) is 14.9 Å². The van der Waals surface area contributed by atoms with Crippen LogP contribution < -0.4 is 10.5 Å².